The molecule has 1 fully saturated rings. The van der Waals surface area contributed by atoms with Crippen molar-refractivity contribution in [2.75, 3.05) is 12.3 Å². The van der Waals surface area contributed by atoms with Crippen molar-refractivity contribution in [3.05, 3.63) is 42.5 Å². The fourth-order valence-corrected chi connectivity index (χ4v) is 2.00. The Morgan fingerprint density at radius 2 is 2.25 bits per heavy atom. The molecule has 0 aromatic heterocycles. The number of hydrogen-bond acceptors (Lipinski definition) is 2. The van der Waals surface area contributed by atoms with Crippen LogP contribution in [0.5, 0.6) is 0 Å². The van der Waals surface area contributed by atoms with Crippen LogP contribution in [0, 0.1) is 5.92 Å². The van der Waals surface area contributed by atoms with E-state index in [4.69, 9.17) is 5.73 Å². The van der Waals surface area contributed by atoms with Gasteiger partial charge in [-0.15, -0.1) is 6.58 Å². The van der Waals surface area contributed by atoms with Crippen LogP contribution in [0.2, 0.25) is 0 Å². The van der Waals surface area contributed by atoms with Crippen LogP contribution in [0.3, 0.4) is 0 Å². The van der Waals surface area contributed by atoms with E-state index in [1.807, 2.05) is 35.2 Å². The first-order valence-electron chi connectivity index (χ1n) is 5.44. The van der Waals surface area contributed by atoms with Gasteiger partial charge < -0.3 is 10.6 Å². The number of nitrogens with zero attached hydrogens (tertiary/aromatic N) is 1. The minimum atomic E-state index is 0.188. The molecule has 2 N–H and O–H groups in total. The summed E-state index contributed by atoms with van der Waals surface area (Å²) < 4.78 is 0. The van der Waals surface area contributed by atoms with E-state index in [2.05, 4.69) is 6.58 Å². The van der Waals surface area contributed by atoms with E-state index >= 15 is 0 Å². The monoisotopic (exact) mass is 216 g/mol. The summed E-state index contributed by atoms with van der Waals surface area (Å²) in [6.45, 7) is 5.10. The highest BCUT2D eigenvalue weighted by molar-refractivity contribution is 5.79. The molecular weight excluding hydrogens is 200 g/mol. The Bertz CT molecular complexity index is 414. The molecule has 1 saturated heterocycles. The lowest BCUT2D eigenvalue weighted by molar-refractivity contribution is -0.128. The van der Waals surface area contributed by atoms with Gasteiger partial charge in [0.25, 0.3) is 0 Å². The molecule has 1 atom stereocenters. The quantitative estimate of drug-likeness (QED) is 0.618. The van der Waals surface area contributed by atoms with Gasteiger partial charge in [-0.25, -0.2) is 0 Å². The molecular formula is C13H16N2O. The number of nitrogen functional groups attached to an aromatic ring is 1. The summed E-state index contributed by atoms with van der Waals surface area (Å²) in [4.78, 5) is 13.5. The lowest BCUT2D eigenvalue weighted by Crippen LogP contribution is -2.24. The van der Waals surface area contributed by atoms with Crippen LogP contribution in [0.25, 0.3) is 0 Å². The number of hydrogen-bond donors (Lipinski definition) is 1. The number of amides is 1. The van der Waals surface area contributed by atoms with Crippen molar-refractivity contribution in [1.29, 1.82) is 0 Å². The Hall–Kier alpha value is -1.77. The van der Waals surface area contributed by atoms with E-state index in [1.165, 1.54) is 0 Å². The number of carbonyl (C=O) groups is 1. The minimum Gasteiger partial charge on any atom is -0.398 e. The van der Waals surface area contributed by atoms with Gasteiger partial charge in [0.05, 0.1) is 0 Å². The standard InChI is InChI=1S/C13H16N2O/c1-2-10-7-13(16)15(8-10)9-11-5-3-4-6-12(11)14/h2-6,10H,1,7-9,14H2. The molecule has 1 aromatic carbocycles. The number of nitrogens with two attached hydrogens (primary N) is 1. The summed E-state index contributed by atoms with van der Waals surface area (Å²) in [7, 11) is 0. The Morgan fingerprint density at radius 1 is 1.50 bits per heavy atom. The van der Waals surface area contributed by atoms with Gasteiger partial charge in [0.1, 0.15) is 0 Å². The molecule has 1 unspecified atom stereocenters. The maximum Gasteiger partial charge on any atom is 0.223 e. The lowest BCUT2D eigenvalue weighted by atomic mass is 10.1. The zero-order valence-corrected chi connectivity index (χ0v) is 9.23. The molecule has 2 rings (SSSR count). The number of para-hydroxylation sites is 1. The van der Waals surface area contributed by atoms with Gasteiger partial charge >= 0.3 is 0 Å². The van der Waals surface area contributed by atoms with E-state index in [-0.39, 0.29) is 11.8 Å². The molecule has 1 aliphatic rings. The first-order chi connectivity index (χ1) is 7.70. The molecule has 0 saturated carbocycles. The molecule has 3 heteroatoms. The molecule has 0 aliphatic carbocycles. The van der Waals surface area contributed by atoms with E-state index in [0.29, 0.717) is 13.0 Å². The maximum atomic E-state index is 11.7. The van der Waals surface area contributed by atoms with Gasteiger partial charge in [0.2, 0.25) is 5.91 Å². The smallest absolute Gasteiger partial charge is 0.223 e. The molecule has 0 spiro atoms. The first kappa shape index (κ1) is 10.7. The van der Waals surface area contributed by atoms with Crippen molar-refractivity contribution in [3.63, 3.8) is 0 Å². The van der Waals surface area contributed by atoms with Crippen LogP contribution in [0.15, 0.2) is 36.9 Å². The predicted octanol–water partition coefficient (Wildman–Crippen LogP) is 1.80. The van der Waals surface area contributed by atoms with Crippen molar-refractivity contribution in [1.82, 2.24) is 4.90 Å². The highest BCUT2D eigenvalue weighted by atomic mass is 16.2. The van der Waals surface area contributed by atoms with Gasteiger partial charge in [-0.05, 0) is 11.6 Å². The van der Waals surface area contributed by atoms with Gasteiger partial charge in [-0.2, -0.15) is 0 Å². The van der Waals surface area contributed by atoms with E-state index < -0.39 is 0 Å². The number of carbonyl (C=O) groups excluding carboxylic acids is 1. The molecule has 1 amide bonds. The summed E-state index contributed by atoms with van der Waals surface area (Å²) >= 11 is 0. The fraction of sp³-hybridized carbons (Fsp3) is 0.308. The average molecular weight is 216 g/mol. The molecule has 0 bridgehead atoms. The molecule has 1 heterocycles. The summed E-state index contributed by atoms with van der Waals surface area (Å²) in [5, 5.41) is 0. The summed E-state index contributed by atoms with van der Waals surface area (Å²) in [5.74, 6) is 0.477. The minimum absolute atomic E-state index is 0.188. The second-order valence-electron chi connectivity index (χ2n) is 4.17. The zero-order valence-electron chi connectivity index (χ0n) is 9.23. The van der Waals surface area contributed by atoms with Crippen LogP contribution in [0.4, 0.5) is 5.69 Å². The van der Waals surface area contributed by atoms with E-state index in [1.54, 1.807) is 0 Å². The third kappa shape index (κ3) is 2.08. The third-order valence-corrected chi connectivity index (χ3v) is 2.99. The zero-order chi connectivity index (χ0) is 11.5. The van der Waals surface area contributed by atoms with Crippen LogP contribution in [-0.4, -0.2) is 17.4 Å². The van der Waals surface area contributed by atoms with Crippen molar-refractivity contribution in [2.24, 2.45) is 5.92 Å². The third-order valence-electron chi connectivity index (χ3n) is 2.99. The predicted molar refractivity (Wildman–Crippen MR) is 64.6 cm³/mol. The maximum absolute atomic E-state index is 11.7. The Labute approximate surface area is 95.6 Å². The van der Waals surface area contributed by atoms with Crippen molar-refractivity contribution in [3.8, 4) is 0 Å². The van der Waals surface area contributed by atoms with E-state index in [9.17, 15) is 4.79 Å². The van der Waals surface area contributed by atoms with Crippen molar-refractivity contribution in [2.45, 2.75) is 13.0 Å². The summed E-state index contributed by atoms with van der Waals surface area (Å²) in [5.41, 5.74) is 7.62. The highest BCUT2D eigenvalue weighted by Crippen LogP contribution is 2.22. The average Bonchev–Trinajstić information content (AvgIpc) is 2.63. The van der Waals surface area contributed by atoms with Crippen LogP contribution in [0.1, 0.15) is 12.0 Å². The van der Waals surface area contributed by atoms with Gasteiger partial charge in [-0.1, -0.05) is 24.3 Å². The van der Waals surface area contributed by atoms with Gasteiger partial charge in [0.15, 0.2) is 0 Å². The van der Waals surface area contributed by atoms with Gasteiger partial charge in [0, 0.05) is 31.1 Å². The van der Waals surface area contributed by atoms with Crippen LogP contribution >= 0.6 is 0 Å². The molecule has 3 nitrogen and oxygen atoms in total. The highest BCUT2D eigenvalue weighted by Gasteiger charge is 2.27. The lowest BCUT2D eigenvalue weighted by Gasteiger charge is -2.17. The largest absolute Gasteiger partial charge is 0.398 e. The molecule has 0 radical (unpaired) electrons. The normalized spacial score (nSPS) is 20.1. The van der Waals surface area contributed by atoms with Crippen LogP contribution < -0.4 is 5.73 Å². The molecule has 1 aromatic rings. The number of benzene rings is 1. The van der Waals surface area contributed by atoms with E-state index in [0.717, 1.165) is 17.8 Å². The Balaban J connectivity index is 2.08. The SMILES string of the molecule is C=CC1CC(=O)N(Cc2ccccc2N)C1. The van der Waals surface area contributed by atoms with Gasteiger partial charge in [-0.3, -0.25) is 4.79 Å². The second kappa shape index (κ2) is 4.39. The Morgan fingerprint density at radius 3 is 2.88 bits per heavy atom. The molecule has 84 valence electrons. The fourth-order valence-electron chi connectivity index (χ4n) is 2.00. The number of likely N-dealkylation sites (tertiary alicyclic amines) is 1. The first-order valence-corrected chi connectivity index (χ1v) is 5.44. The van der Waals surface area contributed by atoms with Crippen molar-refractivity contribution < 1.29 is 4.79 Å². The Kier molecular flexibility index (Phi) is 2.95. The topological polar surface area (TPSA) is 46.3 Å². The number of rotatable bonds is 3. The number of anilines is 1. The summed E-state index contributed by atoms with van der Waals surface area (Å²) in [6.07, 6.45) is 2.43. The van der Waals surface area contributed by atoms with Crippen molar-refractivity contribution >= 4 is 11.6 Å². The van der Waals surface area contributed by atoms with Crippen LogP contribution in [-0.2, 0) is 11.3 Å². The second-order valence-corrected chi connectivity index (χ2v) is 4.17. The summed E-state index contributed by atoms with van der Waals surface area (Å²) in [6, 6.07) is 7.67. The molecule has 16 heavy (non-hydrogen) atoms. The molecule has 1 aliphatic heterocycles.